The maximum atomic E-state index is 13.0. The first kappa shape index (κ1) is 19.9. The SMILES string of the molecule is COC(=O)CN(c1ccc(Br)cc1)S(=O)(=O)c1ccc(NC(C)=O)cc1. The lowest BCUT2D eigenvalue weighted by atomic mass is 10.3. The lowest BCUT2D eigenvalue weighted by Crippen LogP contribution is -2.36. The van der Waals surface area contributed by atoms with Crippen LogP contribution in [0.5, 0.6) is 0 Å². The topological polar surface area (TPSA) is 92.8 Å². The van der Waals surface area contributed by atoms with Gasteiger partial charge in [-0.25, -0.2) is 8.42 Å². The molecular weight excluding hydrogens is 424 g/mol. The Balaban J connectivity index is 2.42. The fourth-order valence-electron chi connectivity index (χ4n) is 2.14. The van der Waals surface area contributed by atoms with Gasteiger partial charge in [0.1, 0.15) is 6.54 Å². The van der Waals surface area contributed by atoms with Crippen LogP contribution >= 0.6 is 15.9 Å². The standard InChI is InChI=1S/C17H17BrN2O5S/c1-12(21)19-14-5-9-16(10-6-14)26(23,24)20(11-17(22)25-2)15-7-3-13(18)4-8-15/h3-10H,11H2,1-2H3,(H,19,21). The van der Waals surface area contributed by atoms with Gasteiger partial charge >= 0.3 is 5.97 Å². The minimum absolute atomic E-state index is 0.0153. The summed E-state index contributed by atoms with van der Waals surface area (Å²) in [6, 6.07) is 12.2. The molecule has 0 fully saturated rings. The van der Waals surface area contributed by atoms with Gasteiger partial charge in [0.15, 0.2) is 0 Å². The van der Waals surface area contributed by atoms with Crippen LogP contribution in [-0.2, 0) is 24.3 Å². The van der Waals surface area contributed by atoms with Gasteiger partial charge in [-0.05, 0) is 48.5 Å². The van der Waals surface area contributed by atoms with E-state index in [2.05, 4.69) is 26.0 Å². The fourth-order valence-corrected chi connectivity index (χ4v) is 3.82. The van der Waals surface area contributed by atoms with Gasteiger partial charge in [-0.1, -0.05) is 15.9 Å². The van der Waals surface area contributed by atoms with Gasteiger partial charge < -0.3 is 10.1 Å². The fraction of sp³-hybridized carbons (Fsp3) is 0.176. The normalized spacial score (nSPS) is 10.9. The Morgan fingerprint density at radius 2 is 1.65 bits per heavy atom. The molecule has 0 bridgehead atoms. The minimum Gasteiger partial charge on any atom is -0.468 e. The third-order valence-electron chi connectivity index (χ3n) is 3.38. The first-order valence-corrected chi connectivity index (χ1v) is 9.70. The van der Waals surface area contributed by atoms with Crippen LogP contribution in [-0.4, -0.2) is 33.9 Å². The Labute approximate surface area is 160 Å². The monoisotopic (exact) mass is 440 g/mol. The number of amides is 1. The zero-order chi connectivity index (χ0) is 19.3. The van der Waals surface area contributed by atoms with Crippen LogP contribution in [0.2, 0.25) is 0 Å². The summed E-state index contributed by atoms with van der Waals surface area (Å²) < 4.78 is 32.4. The van der Waals surface area contributed by atoms with Crippen molar-refractivity contribution in [3.63, 3.8) is 0 Å². The van der Waals surface area contributed by atoms with Crippen molar-refractivity contribution >= 4 is 49.2 Å². The van der Waals surface area contributed by atoms with Crippen molar-refractivity contribution in [2.24, 2.45) is 0 Å². The van der Waals surface area contributed by atoms with Crippen molar-refractivity contribution in [3.8, 4) is 0 Å². The highest BCUT2D eigenvalue weighted by atomic mass is 79.9. The van der Waals surface area contributed by atoms with E-state index < -0.39 is 22.5 Å². The van der Waals surface area contributed by atoms with E-state index in [1.807, 2.05) is 0 Å². The molecule has 138 valence electrons. The molecule has 0 saturated heterocycles. The van der Waals surface area contributed by atoms with Gasteiger partial charge in [0, 0.05) is 17.1 Å². The van der Waals surface area contributed by atoms with Crippen LogP contribution in [0.3, 0.4) is 0 Å². The number of esters is 1. The van der Waals surface area contributed by atoms with E-state index in [9.17, 15) is 18.0 Å². The zero-order valence-electron chi connectivity index (χ0n) is 14.1. The van der Waals surface area contributed by atoms with Gasteiger partial charge in [0.25, 0.3) is 10.0 Å². The first-order chi connectivity index (χ1) is 12.2. The Kier molecular flexibility index (Phi) is 6.38. The van der Waals surface area contributed by atoms with E-state index in [0.29, 0.717) is 11.4 Å². The van der Waals surface area contributed by atoms with Crippen molar-refractivity contribution in [1.29, 1.82) is 0 Å². The molecule has 0 aromatic heterocycles. The maximum Gasteiger partial charge on any atom is 0.326 e. The van der Waals surface area contributed by atoms with Crippen molar-refractivity contribution in [1.82, 2.24) is 0 Å². The molecule has 0 aliphatic heterocycles. The Morgan fingerprint density at radius 3 is 2.15 bits per heavy atom. The number of ether oxygens (including phenoxy) is 1. The van der Waals surface area contributed by atoms with Gasteiger partial charge in [0.05, 0.1) is 17.7 Å². The Morgan fingerprint density at radius 1 is 1.08 bits per heavy atom. The number of hydrogen-bond donors (Lipinski definition) is 1. The molecule has 7 nitrogen and oxygen atoms in total. The highest BCUT2D eigenvalue weighted by Crippen LogP contribution is 2.26. The molecule has 0 atom stereocenters. The molecule has 0 aliphatic rings. The largest absolute Gasteiger partial charge is 0.468 e. The third kappa shape index (κ3) is 4.83. The summed E-state index contributed by atoms with van der Waals surface area (Å²) in [5.41, 5.74) is 0.796. The van der Waals surface area contributed by atoms with Crippen LogP contribution in [0.4, 0.5) is 11.4 Å². The van der Waals surface area contributed by atoms with Crippen molar-refractivity contribution in [2.75, 3.05) is 23.3 Å². The Bertz CT molecular complexity index is 896. The number of hydrogen-bond acceptors (Lipinski definition) is 5. The summed E-state index contributed by atoms with van der Waals surface area (Å²) in [6.45, 7) is 0.893. The highest BCUT2D eigenvalue weighted by molar-refractivity contribution is 9.10. The third-order valence-corrected chi connectivity index (χ3v) is 5.69. The van der Waals surface area contributed by atoms with E-state index in [1.165, 1.54) is 38.3 Å². The van der Waals surface area contributed by atoms with Gasteiger partial charge in [-0.15, -0.1) is 0 Å². The number of nitrogens with zero attached hydrogens (tertiary/aromatic N) is 1. The second-order valence-corrected chi connectivity index (χ2v) is 8.05. The minimum atomic E-state index is -4.01. The molecule has 0 spiro atoms. The molecule has 0 aliphatic carbocycles. The van der Waals surface area contributed by atoms with E-state index in [0.717, 1.165) is 8.78 Å². The van der Waals surface area contributed by atoms with Crippen molar-refractivity contribution in [2.45, 2.75) is 11.8 Å². The smallest absolute Gasteiger partial charge is 0.326 e. The quantitative estimate of drug-likeness (QED) is 0.696. The number of anilines is 2. The van der Waals surface area contributed by atoms with Gasteiger partial charge in [-0.2, -0.15) is 0 Å². The number of carbonyl (C=O) groups is 2. The molecule has 1 N–H and O–H groups in total. The van der Waals surface area contributed by atoms with Gasteiger partial charge in [0.2, 0.25) is 5.91 Å². The van der Waals surface area contributed by atoms with Crippen LogP contribution in [0.25, 0.3) is 0 Å². The molecule has 0 heterocycles. The predicted octanol–water partition coefficient (Wildman–Crippen LogP) is 2.78. The number of halogens is 1. The molecular formula is C17H17BrN2O5S. The van der Waals surface area contributed by atoms with E-state index in [-0.39, 0.29) is 10.8 Å². The number of carbonyl (C=O) groups excluding carboxylic acids is 2. The first-order valence-electron chi connectivity index (χ1n) is 7.47. The molecule has 26 heavy (non-hydrogen) atoms. The van der Waals surface area contributed by atoms with E-state index in [1.54, 1.807) is 24.3 Å². The second kappa shape index (κ2) is 8.33. The lowest BCUT2D eigenvalue weighted by Gasteiger charge is -2.23. The number of rotatable bonds is 6. The van der Waals surface area contributed by atoms with Crippen LogP contribution in [0.15, 0.2) is 57.9 Å². The van der Waals surface area contributed by atoms with E-state index in [4.69, 9.17) is 0 Å². The molecule has 9 heteroatoms. The molecule has 0 unspecified atom stereocenters. The zero-order valence-corrected chi connectivity index (χ0v) is 16.5. The van der Waals surface area contributed by atoms with Crippen LogP contribution in [0, 0.1) is 0 Å². The number of nitrogens with one attached hydrogen (secondary N) is 1. The maximum absolute atomic E-state index is 13.0. The summed E-state index contributed by atoms with van der Waals surface area (Å²) in [4.78, 5) is 22.8. The van der Waals surface area contributed by atoms with Crippen LogP contribution < -0.4 is 9.62 Å². The average molecular weight is 441 g/mol. The molecule has 2 rings (SSSR count). The molecule has 1 amide bonds. The van der Waals surface area contributed by atoms with E-state index >= 15 is 0 Å². The molecule has 2 aromatic rings. The lowest BCUT2D eigenvalue weighted by molar-refractivity contribution is -0.138. The molecule has 2 aromatic carbocycles. The predicted molar refractivity (Wildman–Crippen MR) is 101 cm³/mol. The van der Waals surface area contributed by atoms with Crippen LogP contribution in [0.1, 0.15) is 6.92 Å². The highest BCUT2D eigenvalue weighted by Gasteiger charge is 2.27. The summed E-state index contributed by atoms with van der Waals surface area (Å²) in [5.74, 6) is -0.950. The summed E-state index contributed by atoms with van der Waals surface area (Å²) in [6.07, 6.45) is 0. The average Bonchev–Trinajstić information content (AvgIpc) is 2.60. The van der Waals surface area contributed by atoms with Crippen molar-refractivity contribution in [3.05, 3.63) is 53.0 Å². The summed E-state index contributed by atoms with van der Waals surface area (Å²) in [7, 11) is -2.82. The summed E-state index contributed by atoms with van der Waals surface area (Å²) >= 11 is 3.29. The summed E-state index contributed by atoms with van der Waals surface area (Å²) in [5, 5.41) is 2.57. The molecule has 0 radical (unpaired) electrons. The molecule has 0 saturated carbocycles. The second-order valence-electron chi connectivity index (χ2n) is 5.27. The number of methoxy groups -OCH3 is 1. The van der Waals surface area contributed by atoms with Crippen molar-refractivity contribution < 1.29 is 22.7 Å². The number of sulfonamides is 1. The number of benzene rings is 2. The Hall–Kier alpha value is -2.39. The van der Waals surface area contributed by atoms with Gasteiger partial charge in [-0.3, -0.25) is 13.9 Å².